The van der Waals surface area contributed by atoms with Gasteiger partial charge in [0.1, 0.15) is 0 Å². The van der Waals surface area contributed by atoms with Gasteiger partial charge in [-0.2, -0.15) is 0 Å². The first-order chi connectivity index (χ1) is 10.1. The van der Waals surface area contributed by atoms with E-state index in [1.807, 2.05) is 0 Å². The van der Waals surface area contributed by atoms with Crippen LogP contribution in [-0.2, 0) is 0 Å². The molecule has 0 bridgehead atoms. The second kappa shape index (κ2) is 5.93. The van der Waals surface area contributed by atoms with E-state index >= 15 is 0 Å². The zero-order valence-electron chi connectivity index (χ0n) is 13.6. The Labute approximate surface area is 127 Å². The van der Waals surface area contributed by atoms with Gasteiger partial charge in [-0.1, -0.05) is 6.92 Å². The maximum atomic E-state index is 12.6. The molecule has 0 aromatic carbocycles. The van der Waals surface area contributed by atoms with Crippen LogP contribution >= 0.6 is 0 Å². The number of hydrogen-bond donors (Lipinski definition) is 0. The van der Waals surface area contributed by atoms with E-state index in [0.29, 0.717) is 18.4 Å². The van der Waals surface area contributed by atoms with Crippen molar-refractivity contribution in [3.63, 3.8) is 0 Å². The molecular weight excluding hydrogens is 262 g/mol. The SMILES string of the molecule is CCN1CCN(CC(=O)c2cc(C)n(C3CC3)c2C)CC1. The van der Waals surface area contributed by atoms with E-state index in [1.54, 1.807) is 0 Å². The van der Waals surface area contributed by atoms with E-state index in [-0.39, 0.29) is 0 Å². The monoisotopic (exact) mass is 289 g/mol. The number of carbonyl (C=O) groups is 1. The highest BCUT2D eigenvalue weighted by molar-refractivity contribution is 5.99. The molecule has 1 saturated carbocycles. The molecule has 3 rings (SSSR count). The van der Waals surface area contributed by atoms with Crippen LogP contribution in [0.3, 0.4) is 0 Å². The molecule has 2 fully saturated rings. The summed E-state index contributed by atoms with van der Waals surface area (Å²) in [6.07, 6.45) is 2.53. The van der Waals surface area contributed by atoms with Crippen molar-refractivity contribution >= 4 is 5.78 Å². The van der Waals surface area contributed by atoms with Gasteiger partial charge in [0.25, 0.3) is 0 Å². The van der Waals surface area contributed by atoms with E-state index in [0.717, 1.165) is 38.3 Å². The number of Topliss-reactive ketones (excluding diaryl/α,β-unsaturated/α-hetero) is 1. The van der Waals surface area contributed by atoms with Crippen molar-refractivity contribution in [2.24, 2.45) is 0 Å². The first-order valence-corrected chi connectivity index (χ1v) is 8.26. The number of rotatable bonds is 5. The van der Waals surface area contributed by atoms with Gasteiger partial charge in [-0.25, -0.2) is 0 Å². The minimum absolute atomic E-state index is 0.292. The fourth-order valence-corrected chi connectivity index (χ4v) is 3.51. The summed E-state index contributed by atoms with van der Waals surface area (Å²) in [5.74, 6) is 0.292. The van der Waals surface area contributed by atoms with E-state index in [1.165, 1.54) is 24.2 Å². The number of hydrogen-bond acceptors (Lipinski definition) is 3. The summed E-state index contributed by atoms with van der Waals surface area (Å²) in [4.78, 5) is 17.4. The molecule has 4 nitrogen and oxygen atoms in total. The van der Waals surface area contributed by atoms with Crippen molar-refractivity contribution in [3.05, 3.63) is 23.0 Å². The fraction of sp³-hybridized carbons (Fsp3) is 0.706. The van der Waals surface area contributed by atoms with E-state index in [9.17, 15) is 4.79 Å². The molecule has 1 aliphatic heterocycles. The average Bonchev–Trinajstić information content (AvgIpc) is 3.25. The Morgan fingerprint density at radius 1 is 1.14 bits per heavy atom. The van der Waals surface area contributed by atoms with Gasteiger partial charge in [0.2, 0.25) is 0 Å². The molecule has 2 aliphatic rings. The van der Waals surface area contributed by atoms with E-state index in [4.69, 9.17) is 0 Å². The third-order valence-electron chi connectivity index (χ3n) is 4.98. The standard InChI is InChI=1S/C17H27N3O/c1-4-18-7-9-19(10-8-18)12-17(21)16-11-13(2)20(14(16)3)15-5-6-15/h11,15H,4-10,12H2,1-3H3. The Balaban J connectivity index is 1.65. The van der Waals surface area contributed by atoms with E-state index in [2.05, 4.69) is 41.2 Å². The fourth-order valence-electron chi connectivity index (χ4n) is 3.51. The van der Waals surface area contributed by atoms with Gasteiger partial charge >= 0.3 is 0 Å². The maximum Gasteiger partial charge on any atom is 0.178 e. The molecule has 1 aliphatic carbocycles. The van der Waals surface area contributed by atoms with Crippen LogP contribution in [0.4, 0.5) is 0 Å². The average molecular weight is 289 g/mol. The van der Waals surface area contributed by atoms with Gasteiger partial charge in [0.15, 0.2) is 5.78 Å². The van der Waals surface area contributed by atoms with Crippen LogP contribution in [0.25, 0.3) is 0 Å². The third-order valence-corrected chi connectivity index (χ3v) is 4.98. The van der Waals surface area contributed by atoms with E-state index < -0.39 is 0 Å². The predicted octanol–water partition coefficient (Wildman–Crippen LogP) is 2.26. The lowest BCUT2D eigenvalue weighted by Crippen LogP contribution is -2.47. The minimum atomic E-state index is 0.292. The second-order valence-corrected chi connectivity index (χ2v) is 6.52. The van der Waals surface area contributed by atoms with Gasteiger partial charge in [-0.05, 0) is 39.3 Å². The Hall–Kier alpha value is -1.13. The van der Waals surface area contributed by atoms with Crippen LogP contribution in [0.2, 0.25) is 0 Å². The lowest BCUT2D eigenvalue weighted by atomic mass is 10.1. The first-order valence-electron chi connectivity index (χ1n) is 8.26. The summed E-state index contributed by atoms with van der Waals surface area (Å²) in [7, 11) is 0. The summed E-state index contributed by atoms with van der Waals surface area (Å²) < 4.78 is 2.36. The van der Waals surface area contributed by atoms with Crippen LogP contribution in [0.1, 0.15) is 47.6 Å². The van der Waals surface area contributed by atoms with Crippen molar-refractivity contribution in [3.8, 4) is 0 Å². The molecule has 21 heavy (non-hydrogen) atoms. The van der Waals surface area contributed by atoms with Gasteiger partial charge < -0.3 is 9.47 Å². The predicted molar refractivity (Wildman–Crippen MR) is 85.1 cm³/mol. The minimum Gasteiger partial charge on any atom is -0.345 e. The molecule has 4 heteroatoms. The van der Waals surface area contributed by atoms with Crippen molar-refractivity contribution in [2.75, 3.05) is 39.3 Å². The Morgan fingerprint density at radius 3 is 2.33 bits per heavy atom. The van der Waals surface area contributed by atoms with Crippen LogP contribution in [-0.4, -0.2) is 59.4 Å². The number of aromatic nitrogens is 1. The largest absolute Gasteiger partial charge is 0.345 e. The summed E-state index contributed by atoms with van der Waals surface area (Å²) in [5, 5.41) is 0. The molecular formula is C17H27N3O. The normalized spacial score (nSPS) is 20.9. The van der Waals surface area contributed by atoms with Crippen LogP contribution in [0.5, 0.6) is 0 Å². The molecule has 0 radical (unpaired) electrons. The molecule has 0 N–H and O–H groups in total. The highest BCUT2D eigenvalue weighted by Crippen LogP contribution is 2.38. The molecule has 1 aromatic heterocycles. The second-order valence-electron chi connectivity index (χ2n) is 6.52. The highest BCUT2D eigenvalue weighted by atomic mass is 16.1. The molecule has 0 atom stereocenters. The molecule has 1 aromatic rings. The number of piperazine rings is 1. The van der Waals surface area contributed by atoms with Gasteiger partial charge in [0, 0.05) is 49.2 Å². The lowest BCUT2D eigenvalue weighted by Gasteiger charge is -2.33. The summed E-state index contributed by atoms with van der Waals surface area (Å²) in [5.41, 5.74) is 3.36. The number of ketones is 1. The molecule has 0 unspecified atom stereocenters. The number of nitrogens with zero attached hydrogens (tertiary/aromatic N) is 3. The molecule has 0 spiro atoms. The zero-order chi connectivity index (χ0) is 15.0. The van der Waals surface area contributed by atoms with Crippen molar-refractivity contribution in [1.29, 1.82) is 0 Å². The Bertz CT molecular complexity index is 522. The quantitative estimate of drug-likeness (QED) is 0.779. The summed E-state index contributed by atoms with van der Waals surface area (Å²) in [6, 6.07) is 2.75. The van der Waals surface area contributed by atoms with Crippen LogP contribution in [0.15, 0.2) is 6.07 Å². The van der Waals surface area contributed by atoms with Crippen molar-refractivity contribution < 1.29 is 4.79 Å². The number of carbonyl (C=O) groups excluding carboxylic acids is 1. The Kier molecular flexibility index (Phi) is 4.18. The molecule has 2 heterocycles. The molecule has 1 saturated heterocycles. The van der Waals surface area contributed by atoms with Gasteiger partial charge in [0.05, 0.1) is 6.54 Å². The number of aryl methyl sites for hydroxylation is 1. The lowest BCUT2D eigenvalue weighted by molar-refractivity contribution is 0.0858. The first kappa shape index (κ1) is 14.8. The summed E-state index contributed by atoms with van der Waals surface area (Å²) in [6.45, 7) is 12.3. The van der Waals surface area contributed by atoms with Crippen molar-refractivity contribution in [1.82, 2.24) is 14.4 Å². The summed E-state index contributed by atoms with van der Waals surface area (Å²) >= 11 is 0. The third kappa shape index (κ3) is 3.06. The van der Waals surface area contributed by atoms with Crippen LogP contribution < -0.4 is 0 Å². The molecule has 0 amide bonds. The zero-order valence-corrected chi connectivity index (χ0v) is 13.6. The topological polar surface area (TPSA) is 28.5 Å². The smallest absolute Gasteiger partial charge is 0.178 e. The highest BCUT2D eigenvalue weighted by Gasteiger charge is 2.29. The number of likely N-dealkylation sites (N-methyl/N-ethyl adjacent to an activating group) is 1. The maximum absolute atomic E-state index is 12.6. The van der Waals surface area contributed by atoms with Crippen molar-refractivity contribution in [2.45, 2.75) is 39.7 Å². The van der Waals surface area contributed by atoms with Gasteiger partial charge in [-0.3, -0.25) is 9.69 Å². The Morgan fingerprint density at radius 2 is 1.76 bits per heavy atom. The van der Waals surface area contributed by atoms with Gasteiger partial charge in [-0.15, -0.1) is 0 Å². The molecule has 116 valence electrons. The van der Waals surface area contributed by atoms with Crippen LogP contribution in [0, 0.1) is 13.8 Å².